The minimum absolute atomic E-state index is 0.0101. The fourth-order valence-corrected chi connectivity index (χ4v) is 2.46. The van der Waals surface area contributed by atoms with E-state index in [9.17, 15) is 9.59 Å². The molecule has 0 bridgehead atoms. The fraction of sp³-hybridized carbons (Fsp3) is 0.895. The van der Waals surface area contributed by atoms with Gasteiger partial charge in [-0.15, -0.1) is 0 Å². The molecule has 0 aromatic rings. The molecule has 5 heteroatoms. The lowest BCUT2D eigenvalue weighted by atomic mass is 10.0. The maximum Gasteiger partial charge on any atom is 0.328 e. The minimum Gasteiger partial charge on any atom is -0.464 e. The number of carbonyl (C=O) groups is 2. The summed E-state index contributed by atoms with van der Waals surface area (Å²) in [5.41, 5.74) is 0. The number of aliphatic hydroxyl groups excluding tert-OH is 1. The number of hydrogen-bond acceptors (Lipinski definition) is 4. The molecule has 0 unspecified atom stereocenters. The molecule has 0 aliphatic carbocycles. The third-order valence-corrected chi connectivity index (χ3v) is 4.04. The van der Waals surface area contributed by atoms with Crippen LogP contribution in [0.25, 0.3) is 0 Å². The molecule has 0 radical (unpaired) electrons. The molecule has 24 heavy (non-hydrogen) atoms. The van der Waals surface area contributed by atoms with Crippen molar-refractivity contribution in [2.45, 2.75) is 91.0 Å². The Morgan fingerprint density at radius 3 is 2.21 bits per heavy atom. The van der Waals surface area contributed by atoms with Crippen molar-refractivity contribution in [1.82, 2.24) is 5.32 Å². The smallest absolute Gasteiger partial charge is 0.328 e. The largest absolute Gasteiger partial charge is 0.464 e. The molecule has 1 amide bonds. The highest BCUT2D eigenvalue weighted by Crippen LogP contribution is 2.08. The van der Waals surface area contributed by atoms with Gasteiger partial charge in [-0.2, -0.15) is 0 Å². The Morgan fingerprint density at radius 2 is 1.58 bits per heavy atom. The summed E-state index contributed by atoms with van der Waals surface area (Å²) < 4.78 is 5.29. The zero-order chi connectivity index (χ0) is 18.2. The summed E-state index contributed by atoms with van der Waals surface area (Å²) in [6.07, 6.45) is 9.42. The normalized spacial score (nSPS) is 12.2. The number of unbranched alkanes of at least 4 members (excludes halogenated alkanes) is 7. The lowest BCUT2D eigenvalue weighted by Gasteiger charge is -2.21. The molecular formula is C19H37NO4. The van der Waals surface area contributed by atoms with E-state index >= 15 is 0 Å². The van der Waals surface area contributed by atoms with Crippen LogP contribution in [0, 0.1) is 5.92 Å². The van der Waals surface area contributed by atoms with Crippen LogP contribution >= 0.6 is 0 Å². The zero-order valence-electron chi connectivity index (χ0n) is 15.8. The van der Waals surface area contributed by atoms with E-state index < -0.39 is 6.04 Å². The van der Waals surface area contributed by atoms with Crippen LogP contribution in [0.1, 0.15) is 85.0 Å². The number of amides is 1. The van der Waals surface area contributed by atoms with E-state index in [0.717, 1.165) is 44.9 Å². The molecule has 0 heterocycles. The van der Waals surface area contributed by atoms with Crippen LogP contribution in [0.2, 0.25) is 0 Å². The van der Waals surface area contributed by atoms with Gasteiger partial charge in [-0.05, 0) is 31.6 Å². The van der Waals surface area contributed by atoms with Gasteiger partial charge in [0.25, 0.3) is 0 Å². The molecule has 0 aliphatic heterocycles. The van der Waals surface area contributed by atoms with Crippen LogP contribution < -0.4 is 5.32 Å². The van der Waals surface area contributed by atoms with Crippen LogP contribution in [0.3, 0.4) is 0 Å². The summed E-state index contributed by atoms with van der Waals surface area (Å²) in [7, 11) is 0. The Labute approximate surface area is 147 Å². The first kappa shape index (κ1) is 22.9. The molecule has 0 saturated heterocycles. The molecule has 2 N–H and O–H groups in total. The summed E-state index contributed by atoms with van der Waals surface area (Å²) in [6, 6.07) is -0.564. The molecule has 0 aromatic carbocycles. The summed E-state index contributed by atoms with van der Waals surface area (Å²) in [5.74, 6) is -0.396. The third-order valence-electron chi connectivity index (χ3n) is 4.04. The van der Waals surface area contributed by atoms with Gasteiger partial charge < -0.3 is 15.2 Å². The zero-order valence-corrected chi connectivity index (χ0v) is 15.8. The van der Waals surface area contributed by atoms with Crippen molar-refractivity contribution < 1.29 is 19.4 Å². The summed E-state index contributed by atoms with van der Waals surface area (Å²) in [5, 5.41) is 11.5. The van der Waals surface area contributed by atoms with Crippen molar-refractivity contribution in [2.24, 2.45) is 5.92 Å². The first-order chi connectivity index (χ1) is 11.5. The first-order valence-electron chi connectivity index (χ1n) is 9.59. The molecule has 0 spiro atoms. The molecular weight excluding hydrogens is 306 g/mol. The van der Waals surface area contributed by atoms with Crippen LogP contribution in [0.4, 0.5) is 0 Å². The standard InChI is InChI=1S/C19H37NO4/c1-4-5-6-7-10-13-17(22)20-18(16(2)3)19(23)24-15-12-9-8-11-14-21/h16,18,21H,4-15H2,1-3H3,(H,20,22)/t18-/m0/s1. The van der Waals surface area contributed by atoms with E-state index in [1.54, 1.807) is 0 Å². The second-order valence-corrected chi connectivity index (χ2v) is 6.76. The summed E-state index contributed by atoms with van der Waals surface area (Å²) >= 11 is 0. The van der Waals surface area contributed by atoms with Crippen molar-refractivity contribution in [2.75, 3.05) is 13.2 Å². The van der Waals surface area contributed by atoms with Crippen LogP contribution in [0.5, 0.6) is 0 Å². The highest BCUT2D eigenvalue weighted by Gasteiger charge is 2.25. The molecule has 0 aliphatic rings. The number of rotatable bonds is 15. The Hall–Kier alpha value is -1.10. The van der Waals surface area contributed by atoms with E-state index in [4.69, 9.17) is 9.84 Å². The molecule has 142 valence electrons. The van der Waals surface area contributed by atoms with Gasteiger partial charge in [0, 0.05) is 13.0 Å². The summed E-state index contributed by atoms with van der Waals surface area (Å²) in [6.45, 7) is 6.57. The molecule has 0 aromatic heterocycles. The lowest BCUT2D eigenvalue weighted by Crippen LogP contribution is -2.45. The number of esters is 1. The third kappa shape index (κ3) is 12.3. The molecule has 0 saturated carbocycles. The van der Waals surface area contributed by atoms with Crippen LogP contribution in [-0.2, 0) is 14.3 Å². The second kappa shape index (κ2) is 15.4. The predicted molar refractivity (Wildman–Crippen MR) is 96.7 cm³/mol. The van der Waals surface area contributed by atoms with Gasteiger partial charge in [0.05, 0.1) is 6.61 Å². The van der Waals surface area contributed by atoms with E-state index in [-0.39, 0.29) is 24.4 Å². The number of nitrogens with one attached hydrogen (secondary N) is 1. The van der Waals surface area contributed by atoms with Gasteiger partial charge in [0.1, 0.15) is 6.04 Å². The van der Waals surface area contributed by atoms with E-state index in [2.05, 4.69) is 12.2 Å². The van der Waals surface area contributed by atoms with Crippen molar-refractivity contribution in [3.63, 3.8) is 0 Å². The van der Waals surface area contributed by atoms with Gasteiger partial charge in [-0.1, -0.05) is 52.9 Å². The highest BCUT2D eigenvalue weighted by molar-refractivity contribution is 5.84. The SMILES string of the molecule is CCCCCCCC(=O)N[C@H](C(=O)OCCCCCCO)C(C)C. The Kier molecular flexibility index (Phi) is 14.7. The summed E-state index contributed by atoms with van der Waals surface area (Å²) in [4.78, 5) is 24.1. The highest BCUT2D eigenvalue weighted by atomic mass is 16.5. The van der Waals surface area contributed by atoms with Gasteiger partial charge >= 0.3 is 5.97 Å². The van der Waals surface area contributed by atoms with Gasteiger partial charge in [-0.3, -0.25) is 4.79 Å². The van der Waals surface area contributed by atoms with E-state index in [1.165, 1.54) is 12.8 Å². The molecule has 0 rings (SSSR count). The molecule has 1 atom stereocenters. The minimum atomic E-state index is -0.564. The van der Waals surface area contributed by atoms with Gasteiger partial charge in [0.2, 0.25) is 5.91 Å². The van der Waals surface area contributed by atoms with E-state index in [0.29, 0.717) is 13.0 Å². The van der Waals surface area contributed by atoms with E-state index in [1.807, 2.05) is 13.8 Å². The van der Waals surface area contributed by atoms with Gasteiger partial charge in [-0.25, -0.2) is 4.79 Å². The number of aliphatic hydroxyl groups is 1. The van der Waals surface area contributed by atoms with Crippen molar-refractivity contribution in [3.05, 3.63) is 0 Å². The quantitative estimate of drug-likeness (QED) is 0.352. The van der Waals surface area contributed by atoms with Crippen LogP contribution in [-0.4, -0.2) is 36.2 Å². The Morgan fingerprint density at radius 1 is 0.958 bits per heavy atom. The number of carbonyl (C=O) groups excluding carboxylic acids is 2. The number of ether oxygens (including phenoxy) is 1. The predicted octanol–water partition coefficient (Wildman–Crippen LogP) is 3.58. The topological polar surface area (TPSA) is 75.6 Å². The monoisotopic (exact) mass is 343 g/mol. The molecule has 5 nitrogen and oxygen atoms in total. The van der Waals surface area contributed by atoms with Crippen molar-refractivity contribution in [1.29, 1.82) is 0 Å². The fourth-order valence-electron chi connectivity index (χ4n) is 2.46. The van der Waals surface area contributed by atoms with Crippen molar-refractivity contribution in [3.8, 4) is 0 Å². The van der Waals surface area contributed by atoms with Crippen LogP contribution in [0.15, 0.2) is 0 Å². The Bertz CT molecular complexity index is 331. The lowest BCUT2D eigenvalue weighted by molar-refractivity contribution is -0.149. The van der Waals surface area contributed by atoms with Crippen molar-refractivity contribution >= 4 is 11.9 Å². The molecule has 0 fully saturated rings. The van der Waals surface area contributed by atoms with Gasteiger partial charge in [0.15, 0.2) is 0 Å². The Balaban J connectivity index is 4.00. The second-order valence-electron chi connectivity index (χ2n) is 6.76. The maximum absolute atomic E-state index is 12.1. The maximum atomic E-state index is 12.1. The average Bonchev–Trinajstić information content (AvgIpc) is 2.55. The average molecular weight is 344 g/mol. The number of hydrogen-bond donors (Lipinski definition) is 2. The first-order valence-corrected chi connectivity index (χ1v) is 9.59.